The van der Waals surface area contributed by atoms with Crippen molar-refractivity contribution in [2.45, 2.75) is 19.5 Å². The fourth-order valence-corrected chi connectivity index (χ4v) is 3.58. The van der Waals surface area contributed by atoms with Gasteiger partial charge in [-0.3, -0.25) is 9.69 Å². The van der Waals surface area contributed by atoms with Gasteiger partial charge in [0.25, 0.3) is 5.56 Å². The van der Waals surface area contributed by atoms with Gasteiger partial charge in [-0.2, -0.15) is 0 Å². The maximum atomic E-state index is 13.3. The van der Waals surface area contributed by atoms with Crippen molar-refractivity contribution in [3.05, 3.63) is 81.2 Å². The van der Waals surface area contributed by atoms with E-state index in [1.807, 2.05) is 61.5 Å². The first-order valence-electron chi connectivity index (χ1n) is 9.73. The van der Waals surface area contributed by atoms with Crippen LogP contribution < -0.4 is 5.56 Å². The molecule has 1 aromatic heterocycles. The van der Waals surface area contributed by atoms with Crippen LogP contribution in [0.3, 0.4) is 0 Å². The summed E-state index contributed by atoms with van der Waals surface area (Å²) in [6, 6.07) is 17.2. The third kappa shape index (κ3) is 4.56. The second kappa shape index (κ2) is 8.86. The van der Waals surface area contributed by atoms with Gasteiger partial charge in [-0.15, -0.1) is 5.10 Å². The molecule has 1 saturated heterocycles. The van der Waals surface area contributed by atoms with Crippen LogP contribution in [0.4, 0.5) is 0 Å². The van der Waals surface area contributed by atoms with Crippen molar-refractivity contribution in [1.29, 1.82) is 0 Å². The number of morpholine rings is 1. The summed E-state index contributed by atoms with van der Waals surface area (Å²) in [4.78, 5) is 20.1. The molecule has 6 nitrogen and oxygen atoms in total. The summed E-state index contributed by atoms with van der Waals surface area (Å²) < 4.78 is 7.01. The van der Waals surface area contributed by atoms with Crippen molar-refractivity contribution in [2.75, 3.05) is 26.3 Å². The van der Waals surface area contributed by atoms with Crippen LogP contribution in [0.2, 0.25) is 5.02 Å². The Kier molecular flexibility index (Phi) is 6.04. The average Bonchev–Trinajstić information content (AvgIpc) is 2.77. The molecule has 0 radical (unpaired) electrons. The minimum atomic E-state index is -0.180. The molecule has 1 unspecified atom stereocenters. The van der Waals surface area contributed by atoms with Gasteiger partial charge in [-0.1, -0.05) is 54.1 Å². The molecule has 0 aliphatic carbocycles. The molecule has 29 heavy (non-hydrogen) atoms. The highest BCUT2D eigenvalue weighted by Gasteiger charge is 2.23. The number of halogens is 1. The fourth-order valence-electron chi connectivity index (χ4n) is 3.46. The monoisotopic (exact) mass is 410 g/mol. The van der Waals surface area contributed by atoms with Crippen LogP contribution in [0.15, 0.2) is 59.4 Å². The highest BCUT2D eigenvalue weighted by atomic mass is 35.5. The zero-order valence-corrected chi connectivity index (χ0v) is 17.0. The summed E-state index contributed by atoms with van der Waals surface area (Å²) >= 11 is 6.00. The molecule has 2 heterocycles. The molecule has 0 bridgehead atoms. The van der Waals surface area contributed by atoms with Gasteiger partial charge >= 0.3 is 0 Å². The Morgan fingerprint density at radius 2 is 1.76 bits per heavy atom. The number of aromatic nitrogens is 3. The van der Waals surface area contributed by atoms with Gasteiger partial charge in [-0.05, 0) is 24.6 Å². The Bertz CT molecular complexity index is 1020. The standard InChI is InChI=1S/C22H23ClN4O2/c1-16(26-11-13-29-14-12-26)27-22(28)20(15-17-7-9-19(23)10-8-17)24-21(25-27)18-5-3-2-4-6-18/h2-10,16H,11-15H2,1H3. The molecule has 1 atom stereocenters. The Labute approximate surface area is 174 Å². The number of ether oxygens (including phenoxy) is 1. The molecule has 0 saturated carbocycles. The molecule has 2 aromatic carbocycles. The molecule has 0 spiro atoms. The number of hydrogen-bond donors (Lipinski definition) is 0. The largest absolute Gasteiger partial charge is 0.379 e. The second-order valence-corrected chi connectivity index (χ2v) is 7.52. The van der Waals surface area contributed by atoms with Crippen LogP contribution in [0, 0.1) is 0 Å². The van der Waals surface area contributed by atoms with Gasteiger partial charge < -0.3 is 4.74 Å². The average molecular weight is 411 g/mol. The predicted molar refractivity (Wildman–Crippen MR) is 113 cm³/mol. The molecular formula is C22H23ClN4O2. The van der Waals surface area contributed by atoms with Crippen molar-refractivity contribution in [1.82, 2.24) is 19.7 Å². The quantitative estimate of drug-likeness (QED) is 0.645. The normalized spacial score (nSPS) is 15.9. The minimum absolute atomic E-state index is 0.168. The third-order valence-electron chi connectivity index (χ3n) is 5.14. The summed E-state index contributed by atoms with van der Waals surface area (Å²) in [6.07, 6.45) is 0.245. The van der Waals surface area contributed by atoms with E-state index in [1.165, 1.54) is 0 Å². The SMILES string of the molecule is CC(N1CCOCC1)n1nc(-c2ccccc2)nc(Cc2ccc(Cl)cc2)c1=O. The fraction of sp³-hybridized carbons (Fsp3) is 0.318. The van der Waals surface area contributed by atoms with E-state index < -0.39 is 0 Å². The lowest BCUT2D eigenvalue weighted by atomic mass is 10.1. The van der Waals surface area contributed by atoms with E-state index in [0.29, 0.717) is 36.2 Å². The van der Waals surface area contributed by atoms with Gasteiger partial charge in [-0.25, -0.2) is 9.67 Å². The number of hydrogen-bond acceptors (Lipinski definition) is 5. The second-order valence-electron chi connectivity index (χ2n) is 7.08. The van der Waals surface area contributed by atoms with E-state index in [4.69, 9.17) is 16.3 Å². The van der Waals surface area contributed by atoms with Crippen LogP contribution in [0.5, 0.6) is 0 Å². The highest BCUT2D eigenvalue weighted by molar-refractivity contribution is 6.30. The van der Waals surface area contributed by atoms with Crippen molar-refractivity contribution in [2.24, 2.45) is 0 Å². The summed E-state index contributed by atoms with van der Waals surface area (Å²) in [7, 11) is 0. The third-order valence-corrected chi connectivity index (χ3v) is 5.40. The van der Waals surface area contributed by atoms with Crippen LogP contribution >= 0.6 is 11.6 Å². The Morgan fingerprint density at radius 1 is 1.07 bits per heavy atom. The molecule has 150 valence electrons. The van der Waals surface area contributed by atoms with Crippen LogP contribution in [0.25, 0.3) is 11.4 Å². The maximum absolute atomic E-state index is 13.3. The van der Waals surface area contributed by atoms with E-state index in [9.17, 15) is 4.79 Å². The lowest BCUT2D eigenvalue weighted by molar-refractivity contribution is -0.000958. The summed E-state index contributed by atoms with van der Waals surface area (Å²) in [5.74, 6) is 0.550. The summed E-state index contributed by atoms with van der Waals surface area (Å²) in [5.41, 5.74) is 2.17. The Morgan fingerprint density at radius 3 is 2.45 bits per heavy atom. The van der Waals surface area contributed by atoms with E-state index in [0.717, 1.165) is 24.2 Å². The minimum Gasteiger partial charge on any atom is -0.379 e. The Balaban J connectivity index is 1.76. The number of rotatable bonds is 5. The van der Waals surface area contributed by atoms with Crippen molar-refractivity contribution >= 4 is 11.6 Å². The first-order chi connectivity index (χ1) is 14.1. The number of nitrogens with zero attached hydrogens (tertiary/aromatic N) is 4. The van der Waals surface area contributed by atoms with Gasteiger partial charge in [0.1, 0.15) is 11.9 Å². The highest BCUT2D eigenvalue weighted by Crippen LogP contribution is 2.18. The van der Waals surface area contributed by atoms with Crippen LogP contribution in [-0.4, -0.2) is 46.0 Å². The van der Waals surface area contributed by atoms with E-state index in [2.05, 4.69) is 15.0 Å². The lowest BCUT2D eigenvalue weighted by Gasteiger charge is -2.32. The molecule has 1 fully saturated rings. The first-order valence-corrected chi connectivity index (χ1v) is 10.1. The first kappa shape index (κ1) is 19.8. The molecule has 3 aromatic rings. The van der Waals surface area contributed by atoms with Crippen molar-refractivity contribution in [3.63, 3.8) is 0 Å². The molecule has 0 amide bonds. The van der Waals surface area contributed by atoms with Crippen LogP contribution in [-0.2, 0) is 11.2 Å². The molecule has 0 N–H and O–H groups in total. The number of benzene rings is 2. The van der Waals surface area contributed by atoms with Crippen molar-refractivity contribution < 1.29 is 4.74 Å². The van der Waals surface area contributed by atoms with Gasteiger partial charge in [0.15, 0.2) is 5.82 Å². The van der Waals surface area contributed by atoms with Gasteiger partial charge in [0.05, 0.1) is 13.2 Å². The summed E-state index contributed by atoms with van der Waals surface area (Å²) in [6.45, 7) is 4.86. The van der Waals surface area contributed by atoms with Crippen LogP contribution in [0.1, 0.15) is 24.3 Å². The zero-order valence-electron chi connectivity index (χ0n) is 16.3. The van der Waals surface area contributed by atoms with E-state index >= 15 is 0 Å². The molecule has 1 aliphatic heterocycles. The van der Waals surface area contributed by atoms with E-state index in [1.54, 1.807) is 4.68 Å². The van der Waals surface area contributed by atoms with E-state index in [-0.39, 0.29) is 11.7 Å². The summed E-state index contributed by atoms with van der Waals surface area (Å²) in [5, 5.41) is 5.29. The predicted octanol–water partition coefficient (Wildman–Crippen LogP) is 3.40. The maximum Gasteiger partial charge on any atom is 0.290 e. The lowest BCUT2D eigenvalue weighted by Crippen LogP contribution is -2.44. The smallest absolute Gasteiger partial charge is 0.290 e. The molecular weight excluding hydrogens is 388 g/mol. The van der Waals surface area contributed by atoms with Gasteiger partial charge in [0.2, 0.25) is 0 Å². The molecule has 4 rings (SSSR count). The Hall–Kier alpha value is -2.54. The van der Waals surface area contributed by atoms with Crippen molar-refractivity contribution in [3.8, 4) is 11.4 Å². The van der Waals surface area contributed by atoms with Gasteiger partial charge in [0, 0.05) is 30.1 Å². The topological polar surface area (TPSA) is 60.2 Å². The zero-order chi connectivity index (χ0) is 20.2. The molecule has 1 aliphatic rings. The molecule has 7 heteroatoms.